The van der Waals surface area contributed by atoms with Crippen molar-refractivity contribution >= 4 is 43.9 Å². The molecule has 1 saturated heterocycles. The number of imidazole rings is 1. The average Bonchev–Trinajstić information content (AvgIpc) is 3.43. The molecule has 39 heavy (non-hydrogen) atoms. The molecular formula is C23H30N6O8PS+. The third-order valence-corrected chi connectivity index (χ3v) is 7.52. The van der Waals surface area contributed by atoms with Gasteiger partial charge in [-0.2, -0.15) is 22.6 Å². The van der Waals surface area contributed by atoms with Crippen molar-refractivity contribution in [2.24, 2.45) is 0 Å². The number of esters is 1. The second kappa shape index (κ2) is 12.1. The minimum atomic E-state index is -2.60. The number of nitrogens with two attached hydrogens (primary N) is 1. The molecule has 7 atom stereocenters. The van der Waals surface area contributed by atoms with Gasteiger partial charge in [0.05, 0.1) is 13.4 Å². The molecule has 0 aliphatic carbocycles. The molecule has 7 unspecified atom stereocenters. The molecule has 2 aromatic heterocycles. The standard InChI is InChI=1S/C23H29N6O8PS/c1-12(13-7-5-4-6-8-13)36-20(31)14(10-39)28-38(33)35-9-15-17(30)23(2,32)21(37-15)29-11-25-16-18(29)26-22(24)27-19(16)34-3/h4-8,11-12,14-15,17,21,30,32H,9-10H2,1-3H3,(H3-,24,26,27,28,33,39)/p+1. The first-order chi connectivity index (χ1) is 18.6. The summed E-state index contributed by atoms with van der Waals surface area (Å²) >= 11 is 4.15. The molecule has 1 aliphatic heterocycles. The van der Waals surface area contributed by atoms with Crippen LogP contribution in [0.25, 0.3) is 11.2 Å². The zero-order valence-corrected chi connectivity index (χ0v) is 23.2. The van der Waals surface area contributed by atoms with Crippen molar-refractivity contribution in [1.29, 1.82) is 0 Å². The van der Waals surface area contributed by atoms with Gasteiger partial charge in [-0.05, 0) is 24.0 Å². The molecule has 0 amide bonds. The van der Waals surface area contributed by atoms with Gasteiger partial charge in [-0.1, -0.05) is 35.4 Å². The van der Waals surface area contributed by atoms with Crippen molar-refractivity contribution in [3.05, 3.63) is 42.2 Å². The summed E-state index contributed by atoms with van der Waals surface area (Å²) in [5, 5.41) is 24.4. The van der Waals surface area contributed by atoms with Gasteiger partial charge in [0.25, 0.3) is 0 Å². The van der Waals surface area contributed by atoms with Crippen LogP contribution in [-0.4, -0.2) is 79.0 Å². The van der Waals surface area contributed by atoms with E-state index in [0.717, 1.165) is 5.56 Å². The highest BCUT2D eigenvalue weighted by Gasteiger charge is 2.54. The van der Waals surface area contributed by atoms with E-state index >= 15 is 0 Å². The van der Waals surface area contributed by atoms with Crippen LogP contribution in [0, 0.1) is 0 Å². The Hall–Kier alpha value is -2.91. The Balaban J connectivity index is 1.38. The van der Waals surface area contributed by atoms with Crippen molar-refractivity contribution in [1.82, 2.24) is 24.6 Å². The van der Waals surface area contributed by atoms with Gasteiger partial charge in [0.1, 0.15) is 30.5 Å². The van der Waals surface area contributed by atoms with Crippen LogP contribution in [0.4, 0.5) is 5.95 Å². The number of nitrogen functional groups attached to an aromatic ring is 1. The first kappa shape index (κ1) is 29.1. The summed E-state index contributed by atoms with van der Waals surface area (Å²) in [7, 11) is -1.20. The maximum absolute atomic E-state index is 12.6. The molecule has 1 aromatic carbocycles. The maximum Gasteiger partial charge on any atom is 0.613 e. The van der Waals surface area contributed by atoms with Crippen LogP contribution >= 0.6 is 20.8 Å². The zero-order chi connectivity index (χ0) is 28.3. The number of anilines is 1. The summed E-state index contributed by atoms with van der Waals surface area (Å²) in [6.07, 6.45) is -2.87. The Morgan fingerprint density at radius 3 is 2.74 bits per heavy atom. The summed E-state index contributed by atoms with van der Waals surface area (Å²) in [6, 6.07) is 8.13. The topological polar surface area (TPSA) is 193 Å². The SMILES string of the molecule is COc1nc(N)nc2c1ncn2C1OC(CO[P+](=O)NC(CS)C(=O)OC(C)c2ccccc2)C(O)C1(C)O. The lowest BCUT2D eigenvalue weighted by atomic mass is 9.96. The average molecular weight is 582 g/mol. The number of hydrogen-bond acceptors (Lipinski definition) is 13. The number of aliphatic hydroxyl groups excluding tert-OH is 1. The van der Waals surface area contributed by atoms with Gasteiger partial charge in [0.2, 0.25) is 11.8 Å². The van der Waals surface area contributed by atoms with E-state index in [9.17, 15) is 19.6 Å². The number of benzene rings is 1. The maximum atomic E-state index is 12.6. The fourth-order valence-electron chi connectivity index (χ4n) is 4.12. The number of carbonyl (C=O) groups excluding carboxylic acids is 1. The fraction of sp³-hybridized carbons (Fsp3) is 0.478. The molecule has 14 nitrogen and oxygen atoms in total. The number of carbonyl (C=O) groups is 1. The van der Waals surface area contributed by atoms with Crippen LogP contribution in [-0.2, 0) is 23.4 Å². The van der Waals surface area contributed by atoms with E-state index in [1.165, 1.54) is 24.9 Å². The zero-order valence-electron chi connectivity index (χ0n) is 21.4. The molecule has 5 N–H and O–H groups in total. The van der Waals surface area contributed by atoms with Gasteiger partial charge in [0.15, 0.2) is 23.4 Å². The van der Waals surface area contributed by atoms with Crippen LogP contribution in [0.1, 0.15) is 31.7 Å². The van der Waals surface area contributed by atoms with Crippen molar-refractivity contribution in [2.75, 3.05) is 25.2 Å². The number of aliphatic hydroxyl groups is 2. The number of hydrogen-bond donors (Lipinski definition) is 5. The quantitative estimate of drug-likeness (QED) is 0.124. The number of thiol groups is 1. The molecule has 0 bridgehead atoms. The van der Waals surface area contributed by atoms with Crippen LogP contribution in [0.15, 0.2) is 36.7 Å². The first-order valence-electron chi connectivity index (χ1n) is 11.9. The molecular weight excluding hydrogens is 551 g/mol. The molecule has 0 saturated carbocycles. The molecule has 4 rings (SSSR count). The lowest BCUT2D eigenvalue weighted by Gasteiger charge is -2.27. The Kier molecular flexibility index (Phi) is 9.01. The highest BCUT2D eigenvalue weighted by Crippen LogP contribution is 2.41. The molecule has 1 fully saturated rings. The number of nitrogens with zero attached hydrogens (tertiary/aromatic N) is 4. The van der Waals surface area contributed by atoms with E-state index < -0.39 is 50.3 Å². The van der Waals surface area contributed by atoms with Crippen molar-refractivity contribution in [2.45, 2.75) is 50.0 Å². The van der Waals surface area contributed by atoms with Gasteiger partial charge in [-0.15, -0.1) is 4.52 Å². The van der Waals surface area contributed by atoms with E-state index in [4.69, 9.17) is 24.5 Å². The third kappa shape index (κ3) is 6.14. The summed E-state index contributed by atoms with van der Waals surface area (Å²) in [6.45, 7) is 2.72. The summed E-state index contributed by atoms with van der Waals surface area (Å²) < 4.78 is 35.9. The van der Waals surface area contributed by atoms with E-state index in [1.54, 1.807) is 6.92 Å². The van der Waals surface area contributed by atoms with Crippen molar-refractivity contribution in [3.63, 3.8) is 0 Å². The third-order valence-electron chi connectivity index (χ3n) is 6.25. The van der Waals surface area contributed by atoms with Gasteiger partial charge < -0.3 is 30.2 Å². The number of aromatic nitrogens is 4. The highest BCUT2D eigenvalue weighted by molar-refractivity contribution is 7.80. The van der Waals surface area contributed by atoms with Crippen LogP contribution < -0.4 is 15.6 Å². The smallest absolute Gasteiger partial charge is 0.479 e. The van der Waals surface area contributed by atoms with Gasteiger partial charge in [-0.3, -0.25) is 9.36 Å². The summed E-state index contributed by atoms with van der Waals surface area (Å²) in [4.78, 5) is 24.9. The van der Waals surface area contributed by atoms with Gasteiger partial charge in [0, 0.05) is 5.75 Å². The molecule has 0 radical (unpaired) electrons. The van der Waals surface area contributed by atoms with Gasteiger partial charge in [-0.25, -0.2) is 4.98 Å². The first-order valence-corrected chi connectivity index (χ1v) is 13.7. The Morgan fingerprint density at radius 2 is 2.08 bits per heavy atom. The number of nitrogens with one attached hydrogen (secondary N) is 1. The minimum absolute atomic E-state index is 0.00767. The Bertz CT molecular complexity index is 1330. The lowest BCUT2D eigenvalue weighted by molar-refractivity contribution is -0.150. The van der Waals surface area contributed by atoms with Crippen molar-refractivity contribution < 1.29 is 38.3 Å². The number of ether oxygens (including phenoxy) is 3. The monoisotopic (exact) mass is 581 g/mol. The van der Waals surface area contributed by atoms with Crippen LogP contribution in [0.5, 0.6) is 5.88 Å². The van der Waals surface area contributed by atoms with Crippen LogP contribution in [0.3, 0.4) is 0 Å². The van der Waals surface area contributed by atoms with E-state index in [1.807, 2.05) is 30.3 Å². The highest BCUT2D eigenvalue weighted by atomic mass is 32.1. The molecule has 0 spiro atoms. The number of fused-ring (bicyclic) bond motifs is 1. The Labute approximate surface area is 230 Å². The fourth-order valence-corrected chi connectivity index (χ4v) is 5.31. The normalized spacial score (nSPS) is 24.9. The predicted octanol–water partition coefficient (Wildman–Crippen LogP) is 1.29. The predicted molar refractivity (Wildman–Crippen MR) is 142 cm³/mol. The van der Waals surface area contributed by atoms with Gasteiger partial charge >= 0.3 is 14.1 Å². The number of rotatable bonds is 11. The molecule has 210 valence electrons. The van der Waals surface area contributed by atoms with E-state index in [2.05, 4.69) is 32.7 Å². The molecule has 16 heteroatoms. The second-order valence-electron chi connectivity index (χ2n) is 9.02. The molecule has 3 aromatic rings. The largest absolute Gasteiger partial charge is 0.613 e. The van der Waals surface area contributed by atoms with E-state index in [0.29, 0.717) is 0 Å². The van der Waals surface area contributed by atoms with E-state index in [-0.39, 0.29) is 35.4 Å². The summed E-state index contributed by atoms with van der Waals surface area (Å²) in [5.74, 6) is -0.616. The minimum Gasteiger partial charge on any atom is -0.479 e. The molecule has 3 heterocycles. The molecule has 1 aliphatic rings. The van der Waals surface area contributed by atoms with Crippen LogP contribution in [0.2, 0.25) is 0 Å². The number of methoxy groups -OCH3 is 1. The van der Waals surface area contributed by atoms with Crippen molar-refractivity contribution in [3.8, 4) is 5.88 Å². The lowest BCUT2D eigenvalue weighted by Crippen LogP contribution is -2.44. The second-order valence-corrected chi connectivity index (χ2v) is 10.4. The Morgan fingerprint density at radius 1 is 1.36 bits per heavy atom. The summed E-state index contributed by atoms with van der Waals surface area (Å²) in [5.41, 5.74) is 5.24.